The van der Waals surface area contributed by atoms with Gasteiger partial charge in [0.2, 0.25) is 6.79 Å². The molecule has 1 aliphatic rings. The monoisotopic (exact) mass is 483 g/mol. The summed E-state index contributed by atoms with van der Waals surface area (Å²) in [6.07, 6.45) is 0.901. The van der Waals surface area contributed by atoms with E-state index in [4.69, 9.17) is 14.2 Å². The third-order valence-corrected chi connectivity index (χ3v) is 4.00. The molecule has 0 aromatic heterocycles. The van der Waals surface area contributed by atoms with Gasteiger partial charge < -0.3 is 24.8 Å². The Hall–Kier alpha value is -2.16. The molecule has 146 valence electrons. The van der Waals surface area contributed by atoms with Gasteiger partial charge in [0.15, 0.2) is 17.5 Å². The maximum Gasteiger partial charge on any atom is 0.231 e. The van der Waals surface area contributed by atoms with E-state index in [2.05, 4.69) is 21.7 Å². The van der Waals surface area contributed by atoms with Gasteiger partial charge in [0.25, 0.3) is 0 Å². The summed E-state index contributed by atoms with van der Waals surface area (Å²) in [4.78, 5) is 4.25. The van der Waals surface area contributed by atoms with Gasteiger partial charge >= 0.3 is 0 Å². The van der Waals surface area contributed by atoms with Gasteiger partial charge in [0.1, 0.15) is 11.9 Å². The van der Waals surface area contributed by atoms with Crippen LogP contribution >= 0.6 is 24.0 Å². The van der Waals surface area contributed by atoms with Crippen molar-refractivity contribution in [1.29, 1.82) is 0 Å². The topological polar surface area (TPSA) is 64.1 Å². The average Bonchev–Trinajstić information content (AvgIpc) is 3.13. The number of halogens is 1. The molecule has 1 aliphatic heterocycles. The highest BCUT2D eigenvalue weighted by atomic mass is 127. The average molecular weight is 483 g/mol. The minimum atomic E-state index is 0. The van der Waals surface area contributed by atoms with Crippen molar-refractivity contribution in [3.05, 3.63) is 54.1 Å². The summed E-state index contributed by atoms with van der Waals surface area (Å²) in [5.74, 6) is 3.25. The molecule has 1 heterocycles. The zero-order valence-electron chi connectivity index (χ0n) is 15.6. The van der Waals surface area contributed by atoms with E-state index in [1.54, 1.807) is 7.05 Å². The van der Waals surface area contributed by atoms with Gasteiger partial charge in [-0.15, -0.1) is 24.0 Å². The van der Waals surface area contributed by atoms with Crippen LogP contribution in [0.3, 0.4) is 0 Å². The summed E-state index contributed by atoms with van der Waals surface area (Å²) >= 11 is 0. The zero-order chi connectivity index (χ0) is 18.2. The Kier molecular flexibility index (Phi) is 8.50. The van der Waals surface area contributed by atoms with Crippen LogP contribution in [0.15, 0.2) is 53.5 Å². The first-order valence-electron chi connectivity index (χ1n) is 8.79. The second-order valence-electron chi connectivity index (χ2n) is 6.06. The highest BCUT2D eigenvalue weighted by molar-refractivity contribution is 14.0. The number of hydrogen-bond donors (Lipinski definition) is 2. The van der Waals surface area contributed by atoms with Crippen molar-refractivity contribution in [3.63, 3.8) is 0 Å². The fourth-order valence-electron chi connectivity index (χ4n) is 2.66. The molecule has 0 amide bonds. The highest BCUT2D eigenvalue weighted by Gasteiger charge is 2.13. The van der Waals surface area contributed by atoms with Crippen LogP contribution in [-0.2, 0) is 6.42 Å². The first-order valence-corrected chi connectivity index (χ1v) is 8.79. The van der Waals surface area contributed by atoms with Crippen molar-refractivity contribution in [2.45, 2.75) is 19.4 Å². The summed E-state index contributed by atoms with van der Waals surface area (Å²) < 4.78 is 16.6. The second-order valence-corrected chi connectivity index (χ2v) is 6.06. The number of nitrogens with one attached hydrogen (secondary N) is 2. The SMILES string of the molecule is CN=C(NCCc1ccc2c(c1)OCO2)NCC(C)Oc1ccccc1.I. The van der Waals surface area contributed by atoms with E-state index >= 15 is 0 Å². The Labute approximate surface area is 177 Å². The fraction of sp³-hybridized carbons (Fsp3) is 0.350. The molecule has 2 N–H and O–H groups in total. The van der Waals surface area contributed by atoms with Crippen LogP contribution in [0.5, 0.6) is 17.2 Å². The number of benzene rings is 2. The molecule has 2 aromatic carbocycles. The number of guanidine groups is 1. The molecule has 0 fully saturated rings. The number of hydrogen-bond acceptors (Lipinski definition) is 4. The Balaban J connectivity index is 0.00000261. The molecule has 1 atom stereocenters. The lowest BCUT2D eigenvalue weighted by atomic mass is 10.1. The third kappa shape index (κ3) is 6.50. The van der Waals surface area contributed by atoms with Crippen LogP contribution in [0.4, 0.5) is 0 Å². The van der Waals surface area contributed by atoms with Crippen LogP contribution < -0.4 is 24.8 Å². The van der Waals surface area contributed by atoms with Gasteiger partial charge in [-0.3, -0.25) is 4.99 Å². The maximum absolute atomic E-state index is 5.85. The molecule has 3 rings (SSSR count). The Morgan fingerprint density at radius 2 is 1.89 bits per heavy atom. The lowest BCUT2D eigenvalue weighted by Crippen LogP contribution is -2.42. The smallest absolute Gasteiger partial charge is 0.231 e. The highest BCUT2D eigenvalue weighted by Crippen LogP contribution is 2.32. The summed E-state index contributed by atoms with van der Waals surface area (Å²) in [5, 5.41) is 6.60. The normalized spacial score (nSPS) is 13.5. The molecule has 6 nitrogen and oxygen atoms in total. The van der Waals surface area contributed by atoms with Gasteiger partial charge in [0.05, 0.1) is 6.54 Å². The minimum absolute atomic E-state index is 0. The minimum Gasteiger partial charge on any atom is -0.489 e. The van der Waals surface area contributed by atoms with Crippen LogP contribution in [0.25, 0.3) is 0 Å². The number of aliphatic imine (C=N–C) groups is 1. The predicted molar refractivity (Wildman–Crippen MR) is 118 cm³/mol. The van der Waals surface area contributed by atoms with Crippen molar-refractivity contribution in [2.24, 2.45) is 4.99 Å². The Bertz CT molecular complexity index is 741. The molecule has 27 heavy (non-hydrogen) atoms. The molecule has 2 aromatic rings. The second kappa shape index (κ2) is 10.9. The van der Waals surface area contributed by atoms with E-state index in [9.17, 15) is 0 Å². The van der Waals surface area contributed by atoms with E-state index in [1.165, 1.54) is 5.56 Å². The van der Waals surface area contributed by atoms with Crippen LogP contribution in [0.1, 0.15) is 12.5 Å². The molecule has 0 saturated carbocycles. The molecule has 0 radical (unpaired) electrons. The molecular weight excluding hydrogens is 457 g/mol. The Morgan fingerprint density at radius 3 is 2.67 bits per heavy atom. The number of rotatable bonds is 7. The zero-order valence-corrected chi connectivity index (χ0v) is 17.9. The molecule has 1 unspecified atom stereocenters. The number of fused-ring (bicyclic) bond motifs is 1. The van der Waals surface area contributed by atoms with Gasteiger partial charge in [-0.2, -0.15) is 0 Å². The van der Waals surface area contributed by atoms with Crippen molar-refractivity contribution in [2.75, 3.05) is 26.9 Å². The van der Waals surface area contributed by atoms with Gasteiger partial charge in [-0.05, 0) is 43.2 Å². The van der Waals surface area contributed by atoms with Gasteiger partial charge in [-0.25, -0.2) is 0 Å². The lowest BCUT2D eigenvalue weighted by Gasteiger charge is -2.17. The fourth-order valence-corrected chi connectivity index (χ4v) is 2.66. The van der Waals surface area contributed by atoms with E-state index in [0.717, 1.165) is 36.2 Å². The van der Waals surface area contributed by atoms with Crippen LogP contribution in [0.2, 0.25) is 0 Å². The third-order valence-electron chi connectivity index (χ3n) is 4.00. The summed E-state index contributed by atoms with van der Waals surface area (Å²) in [5.41, 5.74) is 1.19. The first kappa shape index (κ1) is 21.1. The van der Waals surface area contributed by atoms with E-state index < -0.39 is 0 Å². The molecule has 0 bridgehead atoms. The van der Waals surface area contributed by atoms with Crippen molar-refractivity contribution >= 4 is 29.9 Å². The molecule has 0 aliphatic carbocycles. The lowest BCUT2D eigenvalue weighted by molar-refractivity contribution is 0.174. The van der Waals surface area contributed by atoms with E-state index in [-0.39, 0.29) is 30.1 Å². The Morgan fingerprint density at radius 1 is 1.11 bits per heavy atom. The maximum atomic E-state index is 5.85. The van der Waals surface area contributed by atoms with Gasteiger partial charge in [-0.1, -0.05) is 24.3 Å². The van der Waals surface area contributed by atoms with Crippen molar-refractivity contribution < 1.29 is 14.2 Å². The predicted octanol–water partition coefficient (Wildman–Crippen LogP) is 3.21. The van der Waals surface area contributed by atoms with Crippen LogP contribution in [-0.4, -0.2) is 39.0 Å². The quantitative estimate of drug-likeness (QED) is 0.360. The molecule has 0 saturated heterocycles. The molecule has 0 spiro atoms. The van der Waals surface area contributed by atoms with Crippen LogP contribution in [0, 0.1) is 0 Å². The number of nitrogens with zero attached hydrogens (tertiary/aromatic N) is 1. The molecule has 7 heteroatoms. The summed E-state index contributed by atoms with van der Waals surface area (Å²) in [6.45, 7) is 3.77. The summed E-state index contributed by atoms with van der Waals surface area (Å²) in [7, 11) is 1.76. The van der Waals surface area contributed by atoms with Crippen molar-refractivity contribution in [3.8, 4) is 17.2 Å². The van der Waals surface area contributed by atoms with E-state index in [0.29, 0.717) is 13.3 Å². The standard InChI is InChI=1S/C20H25N3O3.HI/c1-15(26-17-6-4-3-5-7-17)13-23-20(21-2)22-11-10-16-8-9-18-19(12-16)25-14-24-18;/h3-9,12,15H,10-11,13-14H2,1-2H3,(H2,21,22,23);1H. The van der Waals surface area contributed by atoms with Gasteiger partial charge in [0, 0.05) is 13.6 Å². The van der Waals surface area contributed by atoms with Crippen molar-refractivity contribution in [1.82, 2.24) is 10.6 Å². The van der Waals surface area contributed by atoms with E-state index in [1.807, 2.05) is 49.4 Å². The molecular formula is C20H26IN3O3. The summed E-state index contributed by atoms with van der Waals surface area (Å²) in [6, 6.07) is 15.8. The number of para-hydroxylation sites is 1. The first-order chi connectivity index (χ1) is 12.7. The number of ether oxygens (including phenoxy) is 3. The largest absolute Gasteiger partial charge is 0.489 e.